The Morgan fingerprint density at radius 2 is 1.88 bits per heavy atom. The molecule has 4 heteroatoms. The summed E-state index contributed by atoms with van der Waals surface area (Å²) < 4.78 is 23.2. The van der Waals surface area contributed by atoms with Gasteiger partial charge in [-0.05, 0) is 38.5 Å². The van der Waals surface area contributed by atoms with E-state index in [0.717, 1.165) is 5.92 Å². The Morgan fingerprint density at radius 3 is 2.31 bits per heavy atom. The highest BCUT2D eigenvalue weighted by Crippen LogP contribution is 2.30. The van der Waals surface area contributed by atoms with E-state index in [9.17, 15) is 8.42 Å². The maximum atomic E-state index is 11.6. The van der Waals surface area contributed by atoms with Crippen LogP contribution in [-0.2, 0) is 9.84 Å². The molecule has 0 aromatic carbocycles. The van der Waals surface area contributed by atoms with E-state index in [1.165, 1.54) is 12.8 Å². The minimum Gasteiger partial charge on any atom is -0.313 e. The van der Waals surface area contributed by atoms with Crippen LogP contribution in [0.2, 0.25) is 0 Å². The first-order valence-corrected chi connectivity index (χ1v) is 8.01. The molecule has 0 amide bonds. The zero-order chi connectivity index (χ0) is 12.3. The van der Waals surface area contributed by atoms with Gasteiger partial charge in [0.15, 0.2) is 9.84 Å². The van der Waals surface area contributed by atoms with E-state index in [1.54, 1.807) is 13.8 Å². The first-order valence-electron chi connectivity index (χ1n) is 6.29. The average molecular weight is 247 g/mol. The van der Waals surface area contributed by atoms with Crippen LogP contribution in [0.15, 0.2) is 0 Å². The molecule has 1 saturated carbocycles. The van der Waals surface area contributed by atoms with Gasteiger partial charge in [-0.25, -0.2) is 8.42 Å². The van der Waals surface area contributed by atoms with Crippen molar-refractivity contribution in [2.24, 2.45) is 11.8 Å². The molecule has 1 N–H and O–H groups in total. The third-order valence-electron chi connectivity index (χ3n) is 3.98. The Labute approximate surface area is 99.9 Å². The van der Waals surface area contributed by atoms with Gasteiger partial charge < -0.3 is 5.32 Å². The highest BCUT2D eigenvalue weighted by Gasteiger charge is 2.29. The third-order valence-corrected chi connectivity index (χ3v) is 6.19. The highest BCUT2D eigenvalue weighted by molar-refractivity contribution is 7.92. The van der Waals surface area contributed by atoms with Gasteiger partial charge in [-0.15, -0.1) is 0 Å². The molecule has 1 fully saturated rings. The summed E-state index contributed by atoms with van der Waals surface area (Å²) in [4.78, 5) is 0. The molecule has 96 valence electrons. The largest absolute Gasteiger partial charge is 0.313 e. The van der Waals surface area contributed by atoms with Crippen LogP contribution in [0.5, 0.6) is 0 Å². The van der Waals surface area contributed by atoms with Gasteiger partial charge in [0.05, 0.1) is 11.0 Å². The van der Waals surface area contributed by atoms with Gasteiger partial charge in [-0.2, -0.15) is 0 Å². The molecule has 3 atom stereocenters. The summed E-state index contributed by atoms with van der Waals surface area (Å²) in [5.41, 5.74) is 0. The summed E-state index contributed by atoms with van der Waals surface area (Å²) in [6.07, 6.45) is 2.44. The molecule has 0 aromatic rings. The van der Waals surface area contributed by atoms with Crippen LogP contribution in [-0.4, -0.2) is 32.0 Å². The quantitative estimate of drug-likeness (QED) is 0.806. The number of nitrogens with one attached hydrogen (secondary N) is 1. The molecule has 0 bridgehead atoms. The maximum Gasteiger partial charge on any atom is 0.153 e. The molecule has 1 aliphatic rings. The maximum absolute atomic E-state index is 11.6. The number of hydrogen-bond acceptors (Lipinski definition) is 3. The van der Waals surface area contributed by atoms with Crippen molar-refractivity contribution >= 4 is 9.84 Å². The van der Waals surface area contributed by atoms with E-state index in [4.69, 9.17) is 0 Å². The molecule has 0 aromatic heterocycles. The standard InChI is InChI=1S/C12H25NO2S/c1-9(2)16(14,15)8-7-13-12-6-5-10(3)11(12)4/h9-13H,5-8H2,1-4H3. The van der Waals surface area contributed by atoms with Gasteiger partial charge in [0.2, 0.25) is 0 Å². The van der Waals surface area contributed by atoms with Crippen molar-refractivity contribution in [1.82, 2.24) is 5.32 Å². The van der Waals surface area contributed by atoms with E-state index in [0.29, 0.717) is 18.5 Å². The Morgan fingerprint density at radius 1 is 1.25 bits per heavy atom. The van der Waals surface area contributed by atoms with Crippen molar-refractivity contribution in [3.63, 3.8) is 0 Å². The van der Waals surface area contributed by atoms with Gasteiger partial charge in [0.1, 0.15) is 0 Å². The molecule has 0 saturated heterocycles. The lowest BCUT2D eigenvalue weighted by Gasteiger charge is -2.20. The fourth-order valence-electron chi connectivity index (χ4n) is 2.28. The lowest BCUT2D eigenvalue weighted by Crippen LogP contribution is -2.36. The van der Waals surface area contributed by atoms with Gasteiger partial charge in [0, 0.05) is 12.6 Å². The molecule has 3 nitrogen and oxygen atoms in total. The van der Waals surface area contributed by atoms with Crippen LogP contribution >= 0.6 is 0 Å². The Bertz CT molecular complexity index is 311. The van der Waals surface area contributed by atoms with Crippen molar-refractivity contribution in [3.8, 4) is 0 Å². The zero-order valence-corrected chi connectivity index (χ0v) is 11.7. The van der Waals surface area contributed by atoms with Crippen LogP contribution in [0.4, 0.5) is 0 Å². The van der Waals surface area contributed by atoms with Crippen molar-refractivity contribution in [2.45, 2.75) is 51.8 Å². The number of rotatable bonds is 5. The van der Waals surface area contributed by atoms with Crippen LogP contribution in [0.3, 0.4) is 0 Å². The molecule has 1 rings (SSSR count). The fourth-order valence-corrected chi connectivity index (χ4v) is 3.15. The van der Waals surface area contributed by atoms with Crippen LogP contribution in [0.1, 0.15) is 40.5 Å². The molecule has 0 aliphatic heterocycles. The van der Waals surface area contributed by atoms with Gasteiger partial charge in [0.25, 0.3) is 0 Å². The minimum absolute atomic E-state index is 0.255. The second kappa shape index (κ2) is 5.50. The summed E-state index contributed by atoms with van der Waals surface area (Å²) in [5.74, 6) is 1.70. The normalized spacial score (nSPS) is 31.2. The van der Waals surface area contributed by atoms with E-state index in [2.05, 4.69) is 19.2 Å². The van der Waals surface area contributed by atoms with Crippen molar-refractivity contribution in [2.75, 3.05) is 12.3 Å². The Hall–Kier alpha value is -0.0900. The smallest absolute Gasteiger partial charge is 0.153 e. The van der Waals surface area contributed by atoms with Crippen LogP contribution < -0.4 is 5.32 Å². The molecular formula is C12H25NO2S. The number of hydrogen-bond donors (Lipinski definition) is 1. The average Bonchev–Trinajstić information content (AvgIpc) is 2.49. The first kappa shape index (κ1) is 14.0. The van der Waals surface area contributed by atoms with E-state index >= 15 is 0 Å². The lowest BCUT2D eigenvalue weighted by atomic mass is 9.98. The second-order valence-corrected chi connectivity index (χ2v) is 8.07. The van der Waals surface area contributed by atoms with E-state index in [1.807, 2.05) is 0 Å². The SMILES string of the molecule is CC1CCC(NCCS(=O)(=O)C(C)C)C1C. The molecule has 0 radical (unpaired) electrons. The van der Waals surface area contributed by atoms with Crippen LogP contribution in [0.25, 0.3) is 0 Å². The lowest BCUT2D eigenvalue weighted by molar-refractivity contribution is 0.376. The second-order valence-electron chi connectivity index (χ2n) is 5.39. The Kier molecular flexibility index (Phi) is 4.80. The molecule has 1 aliphatic carbocycles. The molecule has 0 heterocycles. The van der Waals surface area contributed by atoms with Crippen LogP contribution in [0, 0.1) is 11.8 Å². The molecular weight excluding hydrogens is 222 g/mol. The van der Waals surface area contributed by atoms with E-state index in [-0.39, 0.29) is 11.0 Å². The third kappa shape index (κ3) is 3.45. The van der Waals surface area contributed by atoms with Gasteiger partial charge in [-0.3, -0.25) is 0 Å². The zero-order valence-electron chi connectivity index (χ0n) is 10.9. The summed E-state index contributed by atoms with van der Waals surface area (Å²) in [6.45, 7) is 8.62. The van der Waals surface area contributed by atoms with Crippen molar-refractivity contribution in [1.29, 1.82) is 0 Å². The molecule has 0 spiro atoms. The molecule has 16 heavy (non-hydrogen) atoms. The topological polar surface area (TPSA) is 46.2 Å². The summed E-state index contributed by atoms with van der Waals surface area (Å²) in [6, 6.07) is 0.511. The predicted octanol–water partition coefficient (Wildman–Crippen LogP) is 1.83. The first-order chi connectivity index (χ1) is 7.34. The Balaban J connectivity index is 2.32. The number of sulfone groups is 1. The predicted molar refractivity (Wildman–Crippen MR) is 68.3 cm³/mol. The minimum atomic E-state index is -2.88. The monoisotopic (exact) mass is 247 g/mol. The van der Waals surface area contributed by atoms with Crippen molar-refractivity contribution < 1.29 is 8.42 Å². The summed E-state index contributed by atoms with van der Waals surface area (Å²) >= 11 is 0. The van der Waals surface area contributed by atoms with Crippen molar-refractivity contribution in [3.05, 3.63) is 0 Å². The van der Waals surface area contributed by atoms with Gasteiger partial charge >= 0.3 is 0 Å². The highest BCUT2D eigenvalue weighted by atomic mass is 32.2. The van der Waals surface area contributed by atoms with E-state index < -0.39 is 9.84 Å². The molecule has 3 unspecified atom stereocenters. The van der Waals surface area contributed by atoms with Gasteiger partial charge in [-0.1, -0.05) is 13.8 Å². The summed E-state index contributed by atoms with van der Waals surface area (Å²) in [7, 11) is -2.88. The fraction of sp³-hybridized carbons (Fsp3) is 1.00. The summed E-state index contributed by atoms with van der Waals surface area (Å²) in [5, 5.41) is 3.14.